The van der Waals surface area contributed by atoms with Gasteiger partial charge in [-0.05, 0) is 64.5 Å². The van der Waals surface area contributed by atoms with E-state index in [0.29, 0.717) is 11.5 Å². The smallest absolute Gasteiger partial charge is 0.0459 e. The summed E-state index contributed by atoms with van der Waals surface area (Å²) in [6, 6.07) is 2.71. The van der Waals surface area contributed by atoms with E-state index < -0.39 is 0 Å². The van der Waals surface area contributed by atoms with Crippen molar-refractivity contribution in [3.05, 3.63) is 20.8 Å². The molecule has 0 saturated heterocycles. The van der Waals surface area contributed by atoms with Crippen molar-refractivity contribution in [3.63, 3.8) is 0 Å². The maximum absolute atomic E-state index is 3.82. The van der Waals surface area contributed by atoms with E-state index in [9.17, 15) is 0 Å². The molecule has 1 aliphatic carbocycles. The van der Waals surface area contributed by atoms with Gasteiger partial charge in [0.25, 0.3) is 0 Å². The van der Waals surface area contributed by atoms with Crippen molar-refractivity contribution >= 4 is 27.3 Å². The lowest BCUT2D eigenvalue weighted by Crippen LogP contribution is -2.39. The van der Waals surface area contributed by atoms with E-state index in [1.54, 1.807) is 0 Å². The van der Waals surface area contributed by atoms with Gasteiger partial charge in [-0.3, -0.25) is 0 Å². The van der Waals surface area contributed by atoms with Gasteiger partial charge in [0, 0.05) is 15.4 Å². The van der Waals surface area contributed by atoms with E-state index >= 15 is 0 Å². The largest absolute Gasteiger partial charge is 0.309 e. The third-order valence-electron chi connectivity index (χ3n) is 4.53. The molecule has 2 unspecified atom stereocenters. The second-order valence-corrected chi connectivity index (χ2v) is 8.21. The standard InChI is InChI=1S/C16H26BrNS/c1-4-10-18-14(15-13(17)8-11-19-15)12-7-5-6-9-16(12,2)3/h8,11-12,14,18H,4-7,9-10H2,1-3H3. The number of hydrogen-bond donors (Lipinski definition) is 1. The molecule has 1 aromatic heterocycles. The zero-order valence-corrected chi connectivity index (χ0v) is 14.7. The van der Waals surface area contributed by atoms with Crippen LogP contribution >= 0.6 is 27.3 Å². The molecule has 19 heavy (non-hydrogen) atoms. The first kappa shape index (κ1) is 15.5. The van der Waals surface area contributed by atoms with E-state index in [0.717, 1.165) is 12.5 Å². The molecule has 1 nitrogen and oxygen atoms in total. The van der Waals surface area contributed by atoms with Crippen LogP contribution in [0.2, 0.25) is 0 Å². The van der Waals surface area contributed by atoms with Crippen LogP contribution in [0.3, 0.4) is 0 Å². The molecule has 1 fully saturated rings. The van der Waals surface area contributed by atoms with E-state index in [-0.39, 0.29) is 0 Å². The van der Waals surface area contributed by atoms with Crippen molar-refractivity contribution in [2.24, 2.45) is 11.3 Å². The molecule has 0 amide bonds. The van der Waals surface area contributed by atoms with Gasteiger partial charge < -0.3 is 5.32 Å². The molecule has 1 heterocycles. The summed E-state index contributed by atoms with van der Waals surface area (Å²) in [5.41, 5.74) is 0.451. The van der Waals surface area contributed by atoms with Crippen molar-refractivity contribution in [2.45, 2.75) is 58.9 Å². The summed E-state index contributed by atoms with van der Waals surface area (Å²) >= 11 is 5.63. The van der Waals surface area contributed by atoms with Crippen molar-refractivity contribution in [2.75, 3.05) is 6.54 Å². The third kappa shape index (κ3) is 3.62. The highest BCUT2D eigenvalue weighted by molar-refractivity contribution is 9.10. The molecule has 1 aliphatic rings. The van der Waals surface area contributed by atoms with Crippen molar-refractivity contribution < 1.29 is 0 Å². The second-order valence-electron chi connectivity index (χ2n) is 6.41. The molecule has 0 spiro atoms. The number of halogens is 1. The first-order valence-corrected chi connectivity index (χ1v) is 9.20. The van der Waals surface area contributed by atoms with Crippen LogP contribution in [0.1, 0.15) is 63.8 Å². The van der Waals surface area contributed by atoms with Crippen molar-refractivity contribution in [1.82, 2.24) is 5.32 Å². The molecule has 0 bridgehead atoms. The molecule has 1 N–H and O–H groups in total. The SMILES string of the molecule is CCCNC(c1sccc1Br)C1CCCCC1(C)C. The van der Waals surface area contributed by atoms with Gasteiger partial charge in [0.05, 0.1) is 0 Å². The fourth-order valence-electron chi connectivity index (χ4n) is 3.38. The van der Waals surface area contributed by atoms with Gasteiger partial charge in [-0.15, -0.1) is 11.3 Å². The summed E-state index contributed by atoms with van der Waals surface area (Å²) in [6.45, 7) is 8.28. The van der Waals surface area contributed by atoms with Crippen LogP contribution < -0.4 is 5.32 Å². The topological polar surface area (TPSA) is 12.0 Å². The van der Waals surface area contributed by atoms with Gasteiger partial charge in [0.1, 0.15) is 0 Å². The first-order chi connectivity index (χ1) is 9.06. The van der Waals surface area contributed by atoms with Crippen molar-refractivity contribution in [1.29, 1.82) is 0 Å². The highest BCUT2D eigenvalue weighted by Crippen LogP contribution is 2.48. The molecule has 2 rings (SSSR count). The van der Waals surface area contributed by atoms with Gasteiger partial charge in [0.15, 0.2) is 0 Å². The Morgan fingerprint density at radius 1 is 1.47 bits per heavy atom. The lowest BCUT2D eigenvalue weighted by molar-refractivity contribution is 0.0992. The predicted molar refractivity (Wildman–Crippen MR) is 88.8 cm³/mol. The number of hydrogen-bond acceptors (Lipinski definition) is 2. The Bertz CT molecular complexity index is 399. The van der Waals surface area contributed by atoms with Crippen LogP contribution in [0.5, 0.6) is 0 Å². The molecule has 0 aromatic carbocycles. The monoisotopic (exact) mass is 343 g/mol. The van der Waals surface area contributed by atoms with Gasteiger partial charge in [-0.2, -0.15) is 0 Å². The van der Waals surface area contributed by atoms with E-state index in [4.69, 9.17) is 0 Å². The van der Waals surface area contributed by atoms with Crippen LogP contribution in [0.25, 0.3) is 0 Å². The predicted octanol–water partition coefficient (Wildman–Crippen LogP) is 5.77. The third-order valence-corrected chi connectivity index (χ3v) is 6.49. The molecule has 0 aliphatic heterocycles. The van der Waals surface area contributed by atoms with Gasteiger partial charge >= 0.3 is 0 Å². The number of thiophene rings is 1. The molecular weight excluding hydrogens is 318 g/mol. The summed E-state index contributed by atoms with van der Waals surface area (Å²) in [5, 5.41) is 6.02. The lowest BCUT2D eigenvalue weighted by Gasteiger charge is -2.43. The van der Waals surface area contributed by atoms with Crippen LogP contribution in [0, 0.1) is 11.3 Å². The second kappa shape index (κ2) is 6.73. The van der Waals surface area contributed by atoms with Crippen LogP contribution in [-0.4, -0.2) is 6.54 Å². The summed E-state index contributed by atoms with van der Waals surface area (Å²) in [5.74, 6) is 0.753. The zero-order valence-electron chi connectivity index (χ0n) is 12.3. The van der Waals surface area contributed by atoms with E-state index in [1.165, 1.54) is 41.5 Å². The Hall–Kier alpha value is 0.140. The van der Waals surface area contributed by atoms with E-state index in [1.807, 2.05) is 11.3 Å². The molecule has 108 valence electrons. The highest BCUT2D eigenvalue weighted by atomic mass is 79.9. The Morgan fingerprint density at radius 2 is 2.26 bits per heavy atom. The first-order valence-electron chi connectivity index (χ1n) is 7.52. The summed E-state index contributed by atoms with van der Waals surface area (Å²) in [4.78, 5) is 1.49. The van der Waals surface area contributed by atoms with Gasteiger partial charge in [0.2, 0.25) is 0 Å². The van der Waals surface area contributed by atoms with Gasteiger partial charge in [-0.25, -0.2) is 0 Å². The Labute approximate surface area is 130 Å². The van der Waals surface area contributed by atoms with Crippen LogP contribution in [-0.2, 0) is 0 Å². The fraction of sp³-hybridized carbons (Fsp3) is 0.750. The fourth-order valence-corrected chi connectivity index (χ4v) is 5.14. The maximum Gasteiger partial charge on any atom is 0.0459 e. The summed E-state index contributed by atoms with van der Waals surface area (Å²) in [6.07, 6.45) is 6.72. The Morgan fingerprint density at radius 3 is 2.84 bits per heavy atom. The summed E-state index contributed by atoms with van der Waals surface area (Å²) < 4.78 is 1.28. The number of rotatable bonds is 5. The molecule has 0 radical (unpaired) electrons. The molecule has 3 heteroatoms. The Kier molecular flexibility index (Phi) is 5.50. The minimum absolute atomic E-state index is 0.451. The van der Waals surface area contributed by atoms with E-state index in [2.05, 4.69) is 53.5 Å². The molecular formula is C16H26BrNS. The molecule has 2 atom stereocenters. The average Bonchev–Trinajstić information content (AvgIpc) is 2.78. The lowest BCUT2D eigenvalue weighted by atomic mass is 9.65. The Balaban J connectivity index is 2.24. The minimum Gasteiger partial charge on any atom is -0.309 e. The van der Waals surface area contributed by atoms with Crippen molar-refractivity contribution in [3.8, 4) is 0 Å². The zero-order chi connectivity index (χ0) is 13.9. The quantitative estimate of drug-likeness (QED) is 0.715. The van der Waals surface area contributed by atoms with Gasteiger partial charge in [-0.1, -0.05) is 33.6 Å². The maximum atomic E-state index is 3.82. The average molecular weight is 344 g/mol. The number of nitrogens with one attached hydrogen (secondary N) is 1. The highest BCUT2D eigenvalue weighted by Gasteiger charge is 2.38. The summed E-state index contributed by atoms with van der Waals surface area (Å²) in [7, 11) is 0. The molecule has 1 saturated carbocycles. The van der Waals surface area contributed by atoms with Crippen LogP contribution in [0.15, 0.2) is 15.9 Å². The minimum atomic E-state index is 0.451. The normalized spacial score (nSPS) is 24.3. The van der Waals surface area contributed by atoms with Crippen LogP contribution in [0.4, 0.5) is 0 Å². The molecule has 1 aromatic rings.